The lowest BCUT2D eigenvalue weighted by Gasteiger charge is -2.29. The summed E-state index contributed by atoms with van der Waals surface area (Å²) in [4.78, 5) is 31.6. The van der Waals surface area contributed by atoms with E-state index in [4.69, 9.17) is 4.74 Å². The van der Waals surface area contributed by atoms with Crippen LogP contribution in [0.2, 0.25) is 0 Å². The highest BCUT2D eigenvalue weighted by Gasteiger charge is 2.23. The smallest absolute Gasteiger partial charge is 0.259 e. The standard InChI is InChI=1S/C22H26N4O3/c27-21(18-6-4-12-23-20(18)26-13-2-1-3-14-26)24-16-8-10-17(11-9-16)25-22(28)19-7-5-15-29-19/h4,6,8-12,19H,1-3,5,7,13-15H2,(H,24,27)(H,25,28)/t19-/m1/s1. The maximum Gasteiger partial charge on any atom is 0.259 e. The van der Waals surface area contributed by atoms with Gasteiger partial charge in [-0.3, -0.25) is 9.59 Å². The van der Waals surface area contributed by atoms with Gasteiger partial charge in [-0.1, -0.05) is 0 Å². The van der Waals surface area contributed by atoms with E-state index in [2.05, 4.69) is 20.5 Å². The van der Waals surface area contributed by atoms with Crippen molar-refractivity contribution in [2.75, 3.05) is 35.2 Å². The van der Waals surface area contributed by atoms with E-state index in [9.17, 15) is 9.59 Å². The number of nitrogens with zero attached hydrogens (tertiary/aromatic N) is 2. The lowest BCUT2D eigenvalue weighted by atomic mass is 10.1. The van der Waals surface area contributed by atoms with E-state index in [0.717, 1.165) is 44.6 Å². The van der Waals surface area contributed by atoms with E-state index >= 15 is 0 Å². The molecule has 29 heavy (non-hydrogen) atoms. The minimum absolute atomic E-state index is 0.124. The zero-order valence-electron chi connectivity index (χ0n) is 16.4. The van der Waals surface area contributed by atoms with Gasteiger partial charge in [-0.2, -0.15) is 0 Å². The molecule has 1 atom stereocenters. The van der Waals surface area contributed by atoms with Crippen molar-refractivity contribution in [1.82, 2.24) is 4.98 Å². The third kappa shape index (κ3) is 4.74. The maximum absolute atomic E-state index is 12.9. The molecular formula is C22H26N4O3. The van der Waals surface area contributed by atoms with Gasteiger partial charge in [-0.05, 0) is 68.5 Å². The van der Waals surface area contributed by atoms with E-state index in [0.29, 0.717) is 23.5 Å². The first-order chi connectivity index (χ1) is 14.2. The molecule has 7 nitrogen and oxygen atoms in total. The number of piperidine rings is 1. The van der Waals surface area contributed by atoms with Crippen LogP contribution in [0.3, 0.4) is 0 Å². The Morgan fingerprint density at radius 3 is 2.38 bits per heavy atom. The van der Waals surface area contributed by atoms with E-state index in [1.165, 1.54) is 6.42 Å². The van der Waals surface area contributed by atoms with Crippen molar-refractivity contribution in [3.8, 4) is 0 Å². The molecule has 2 aromatic rings. The summed E-state index contributed by atoms with van der Waals surface area (Å²) >= 11 is 0. The SMILES string of the molecule is O=C(Nc1ccc(NC(=O)[C@H]2CCCO2)cc1)c1cccnc1N1CCCCC1. The molecule has 2 N–H and O–H groups in total. The molecule has 7 heteroatoms. The summed E-state index contributed by atoms with van der Waals surface area (Å²) in [6.45, 7) is 2.49. The Bertz CT molecular complexity index is 857. The molecule has 2 amide bonds. The lowest BCUT2D eigenvalue weighted by molar-refractivity contribution is -0.124. The van der Waals surface area contributed by atoms with Gasteiger partial charge < -0.3 is 20.3 Å². The number of aromatic nitrogens is 1. The Morgan fingerprint density at radius 1 is 0.966 bits per heavy atom. The largest absolute Gasteiger partial charge is 0.368 e. The number of anilines is 3. The molecule has 3 heterocycles. The summed E-state index contributed by atoms with van der Waals surface area (Å²) in [5.41, 5.74) is 1.92. The van der Waals surface area contributed by atoms with E-state index < -0.39 is 0 Å². The Hall–Kier alpha value is -2.93. The molecule has 0 saturated carbocycles. The first-order valence-electron chi connectivity index (χ1n) is 10.2. The molecule has 1 aromatic heterocycles. The average Bonchev–Trinajstić information content (AvgIpc) is 3.31. The first-order valence-corrected chi connectivity index (χ1v) is 10.2. The summed E-state index contributed by atoms with van der Waals surface area (Å²) in [5.74, 6) is 0.431. The van der Waals surface area contributed by atoms with Gasteiger partial charge in [0.2, 0.25) is 0 Å². The van der Waals surface area contributed by atoms with Gasteiger partial charge in [-0.25, -0.2) is 4.98 Å². The van der Waals surface area contributed by atoms with Crippen LogP contribution in [0.25, 0.3) is 0 Å². The normalized spacial score (nSPS) is 19.0. The van der Waals surface area contributed by atoms with Crippen LogP contribution in [0.15, 0.2) is 42.6 Å². The van der Waals surface area contributed by atoms with Crippen LogP contribution in [0, 0.1) is 0 Å². The third-order valence-corrected chi connectivity index (χ3v) is 5.32. The number of carbonyl (C=O) groups is 2. The first kappa shape index (κ1) is 19.4. The molecule has 2 fully saturated rings. The fraction of sp³-hybridized carbons (Fsp3) is 0.409. The van der Waals surface area contributed by atoms with Gasteiger partial charge in [-0.15, -0.1) is 0 Å². The topological polar surface area (TPSA) is 83.6 Å². The molecule has 0 bridgehead atoms. The third-order valence-electron chi connectivity index (χ3n) is 5.32. The van der Waals surface area contributed by atoms with Crippen LogP contribution in [-0.4, -0.2) is 42.6 Å². The molecule has 2 saturated heterocycles. The summed E-state index contributed by atoms with van der Waals surface area (Å²) in [6, 6.07) is 10.7. The van der Waals surface area contributed by atoms with E-state index in [-0.39, 0.29) is 17.9 Å². The molecular weight excluding hydrogens is 368 g/mol. The summed E-state index contributed by atoms with van der Waals surface area (Å²) in [6.07, 6.45) is 6.50. The van der Waals surface area contributed by atoms with Crippen molar-refractivity contribution in [1.29, 1.82) is 0 Å². The number of hydrogen-bond donors (Lipinski definition) is 2. The number of amides is 2. The Balaban J connectivity index is 1.40. The number of pyridine rings is 1. The number of carbonyl (C=O) groups excluding carboxylic acids is 2. The fourth-order valence-corrected chi connectivity index (χ4v) is 3.77. The molecule has 152 valence electrons. The average molecular weight is 394 g/mol. The molecule has 0 radical (unpaired) electrons. The summed E-state index contributed by atoms with van der Waals surface area (Å²) in [5, 5.41) is 5.79. The van der Waals surface area contributed by atoms with E-state index in [1.807, 2.05) is 6.07 Å². The van der Waals surface area contributed by atoms with Gasteiger partial charge in [0.05, 0.1) is 5.56 Å². The number of ether oxygens (including phenoxy) is 1. The van der Waals surface area contributed by atoms with Gasteiger partial charge in [0.1, 0.15) is 11.9 Å². The fourth-order valence-electron chi connectivity index (χ4n) is 3.77. The predicted molar refractivity (Wildman–Crippen MR) is 112 cm³/mol. The second kappa shape index (κ2) is 9.05. The Labute approximate surface area is 170 Å². The zero-order chi connectivity index (χ0) is 20.1. The number of benzene rings is 1. The summed E-state index contributed by atoms with van der Waals surface area (Å²) in [7, 11) is 0. The number of hydrogen-bond acceptors (Lipinski definition) is 5. The zero-order valence-corrected chi connectivity index (χ0v) is 16.4. The van der Waals surface area contributed by atoms with Gasteiger partial charge in [0.25, 0.3) is 11.8 Å². The molecule has 4 rings (SSSR count). The molecule has 2 aliphatic heterocycles. The Morgan fingerprint density at radius 2 is 1.69 bits per heavy atom. The van der Waals surface area contributed by atoms with Crippen molar-refractivity contribution in [2.24, 2.45) is 0 Å². The van der Waals surface area contributed by atoms with Crippen molar-refractivity contribution in [2.45, 2.75) is 38.2 Å². The highest BCUT2D eigenvalue weighted by molar-refractivity contribution is 6.07. The molecule has 0 aliphatic carbocycles. The van der Waals surface area contributed by atoms with Crippen LogP contribution in [-0.2, 0) is 9.53 Å². The highest BCUT2D eigenvalue weighted by Crippen LogP contribution is 2.23. The van der Waals surface area contributed by atoms with Crippen LogP contribution >= 0.6 is 0 Å². The van der Waals surface area contributed by atoms with Gasteiger partial charge >= 0.3 is 0 Å². The number of rotatable bonds is 5. The highest BCUT2D eigenvalue weighted by atomic mass is 16.5. The minimum Gasteiger partial charge on any atom is -0.368 e. The quantitative estimate of drug-likeness (QED) is 0.812. The maximum atomic E-state index is 12.9. The minimum atomic E-state index is -0.367. The monoisotopic (exact) mass is 394 g/mol. The van der Waals surface area contributed by atoms with Crippen molar-refractivity contribution < 1.29 is 14.3 Å². The van der Waals surface area contributed by atoms with Gasteiger partial charge in [0, 0.05) is 37.3 Å². The second-order valence-electron chi connectivity index (χ2n) is 7.44. The Kier molecular flexibility index (Phi) is 6.05. The van der Waals surface area contributed by atoms with E-state index in [1.54, 1.807) is 36.5 Å². The predicted octanol–water partition coefficient (Wildman–Crippen LogP) is 3.44. The van der Waals surface area contributed by atoms with Crippen LogP contribution in [0.1, 0.15) is 42.5 Å². The van der Waals surface area contributed by atoms with Crippen molar-refractivity contribution in [3.05, 3.63) is 48.2 Å². The second-order valence-corrected chi connectivity index (χ2v) is 7.44. The lowest BCUT2D eigenvalue weighted by Crippen LogP contribution is -2.32. The summed E-state index contributed by atoms with van der Waals surface area (Å²) < 4.78 is 5.39. The van der Waals surface area contributed by atoms with Gasteiger partial charge in [0.15, 0.2) is 0 Å². The molecule has 2 aliphatic rings. The van der Waals surface area contributed by atoms with Crippen molar-refractivity contribution in [3.63, 3.8) is 0 Å². The molecule has 0 spiro atoms. The van der Waals surface area contributed by atoms with Crippen LogP contribution < -0.4 is 15.5 Å². The molecule has 1 aromatic carbocycles. The number of nitrogens with one attached hydrogen (secondary N) is 2. The molecule has 0 unspecified atom stereocenters. The van der Waals surface area contributed by atoms with Crippen LogP contribution in [0.5, 0.6) is 0 Å². The van der Waals surface area contributed by atoms with Crippen LogP contribution in [0.4, 0.5) is 17.2 Å². The van der Waals surface area contributed by atoms with Crippen molar-refractivity contribution >= 4 is 29.0 Å².